The van der Waals surface area contributed by atoms with Gasteiger partial charge in [0.15, 0.2) is 11.5 Å². The lowest BCUT2D eigenvalue weighted by atomic mass is 9.88. The molecule has 1 aliphatic rings. The summed E-state index contributed by atoms with van der Waals surface area (Å²) in [5.74, 6) is 2.49. The second-order valence-corrected chi connectivity index (χ2v) is 9.41. The number of nitrogens with zero attached hydrogens (tertiary/aromatic N) is 1. The highest BCUT2D eigenvalue weighted by Gasteiger charge is 2.30. The van der Waals surface area contributed by atoms with Gasteiger partial charge in [-0.15, -0.1) is 0 Å². The summed E-state index contributed by atoms with van der Waals surface area (Å²) in [5, 5.41) is 4.36. The van der Waals surface area contributed by atoms with Crippen LogP contribution in [0.15, 0.2) is 72.8 Å². The summed E-state index contributed by atoms with van der Waals surface area (Å²) in [6.07, 6.45) is 0.830. The number of methoxy groups -OCH3 is 2. The lowest BCUT2D eigenvalue weighted by Gasteiger charge is -2.31. The predicted octanol–water partition coefficient (Wildman–Crippen LogP) is 5.77. The van der Waals surface area contributed by atoms with Gasteiger partial charge in [-0.2, -0.15) is 0 Å². The third-order valence-corrected chi connectivity index (χ3v) is 6.82. The maximum absolute atomic E-state index is 6.21. The van der Waals surface area contributed by atoms with E-state index < -0.39 is 0 Å². The molecule has 1 heterocycles. The number of halogens is 1. The average Bonchev–Trinajstić information content (AvgIpc) is 3.35. The minimum Gasteiger partial charge on any atom is -0.493 e. The third kappa shape index (κ3) is 6.91. The molecule has 2 atom stereocenters. The fourth-order valence-corrected chi connectivity index (χ4v) is 4.88. The van der Waals surface area contributed by atoms with E-state index in [-0.39, 0.29) is 0 Å². The van der Waals surface area contributed by atoms with Crippen molar-refractivity contribution >= 4 is 17.3 Å². The molecule has 3 aromatic carbocycles. The predicted molar refractivity (Wildman–Crippen MR) is 143 cm³/mol. The number of ether oxygens (including phenoxy) is 3. The van der Waals surface area contributed by atoms with E-state index in [0.29, 0.717) is 25.0 Å². The van der Waals surface area contributed by atoms with Gasteiger partial charge in [0.05, 0.1) is 13.7 Å². The Bertz CT molecular complexity index is 1050. The van der Waals surface area contributed by atoms with E-state index in [4.69, 9.17) is 25.8 Å². The summed E-state index contributed by atoms with van der Waals surface area (Å²) >= 11 is 6.21. The van der Waals surface area contributed by atoms with E-state index in [1.54, 1.807) is 14.2 Å². The van der Waals surface area contributed by atoms with Gasteiger partial charge in [-0.05, 0) is 53.4 Å². The molecular weight excluding hydrogens is 460 g/mol. The Kier molecular flexibility index (Phi) is 9.29. The van der Waals surface area contributed by atoms with Crippen molar-refractivity contribution in [2.45, 2.75) is 18.9 Å². The second-order valence-electron chi connectivity index (χ2n) is 8.97. The first-order valence-electron chi connectivity index (χ1n) is 12.2. The number of anilines is 1. The van der Waals surface area contributed by atoms with Crippen LogP contribution >= 0.6 is 11.6 Å². The van der Waals surface area contributed by atoms with Gasteiger partial charge in [0.2, 0.25) is 0 Å². The molecule has 1 fully saturated rings. The molecule has 6 heteroatoms. The van der Waals surface area contributed by atoms with Crippen LogP contribution in [0.4, 0.5) is 5.69 Å². The molecular formula is C29H35ClN2O3. The van der Waals surface area contributed by atoms with Gasteiger partial charge in [0.25, 0.3) is 0 Å². The molecule has 0 amide bonds. The van der Waals surface area contributed by atoms with E-state index in [0.717, 1.165) is 54.8 Å². The molecule has 0 aliphatic carbocycles. The molecule has 0 bridgehead atoms. The second kappa shape index (κ2) is 12.8. The summed E-state index contributed by atoms with van der Waals surface area (Å²) < 4.78 is 16.7. The van der Waals surface area contributed by atoms with Crippen LogP contribution in [0.25, 0.3) is 0 Å². The Morgan fingerprint density at radius 2 is 1.71 bits per heavy atom. The first-order valence-corrected chi connectivity index (χ1v) is 12.6. The van der Waals surface area contributed by atoms with E-state index >= 15 is 0 Å². The van der Waals surface area contributed by atoms with Crippen molar-refractivity contribution in [3.8, 4) is 11.5 Å². The molecule has 1 N–H and O–H groups in total. The number of rotatable bonds is 12. The van der Waals surface area contributed by atoms with Crippen LogP contribution in [-0.4, -0.2) is 47.1 Å². The van der Waals surface area contributed by atoms with Gasteiger partial charge < -0.3 is 24.4 Å². The maximum Gasteiger partial charge on any atom is 0.161 e. The molecule has 186 valence electrons. The summed E-state index contributed by atoms with van der Waals surface area (Å²) in [7, 11) is 3.38. The lowest BCUT2D eigenvalue weighted by Crippen LogP contribution is -2.32. The number of hydrogen-bond acceptors (Lipinski definition) is 5. The van der Waals surface area contributed by atoms with Crippen molar-refractivity contribution in [2.75, 3.05) is 52.0 Å². The molecule has 0 radical (unpaired) electrons. The summed E-state index contributed by atoms with van der Waals surface area (Å²) in [4.78, 5) is 2.44. The molecule has 4 rings (SSSR count). The van der Waals surface area contributed by atoms with Crippen LogP contribution in [0, 0.1) is 5.92 Å². The van der Waals surface area contributed by atoms with Gasteiger partial charge in [-0.3, -0.25) is 0 Å². The third-order valence-electron chi connectivity index (χ3n) is 6.57. The highest BCUT2D eigenvalue weighted by Crippen LogP contribution is 2.33. The van der Waals surface area contributed by atoms with Gasteiger partial charge in [-0.25, -0.2) is 0 Å². The van der Waals surface area contributed by atoms with E-state index in [9.17, 15) is 0 Å². The SMILES string of the molecule is COCCCOc1cc(CN(C[C@@H]2CNCC2c2ccccc2)c2ccc(Cl)cc2)ccc1OC. The van der Waals surface area contributed by atoms with Gasteiger partial charge in [-0.1, -0.05) is 48.0 Å². The van der Waals surface area contributed by atoms with Gasteiger partial charge in [0.1, 0.15) is 0 Å². The molecule has 1 unspecified atom stereocenters. The van der Waals surface area contributed by atoms with Crippen molar-refractivity contribution in [3.63, 3.8) is 0 Å². The number of benzene rings is 3. The maximum atomic E-state index is 6.21. The first-order chi connectivity index (χ1) is 17.2. The Morgan fingerprint density at radius 3 is 2.46 bits per heavy atom. The monoisotopic (exact) mass is 494 g/mol. The molecule has 1 aliphatic heterocycles. The van der Waals surface area contributed by atoms with Crippen LogP contribution in [0.5, 0.6) is 11.5 Å². The van der Waals surface area contributed by atoms with Crippen LogP contribution in [0.3, 0.4) is 0 Å². The van der Waals surface area contributed by atoms with Crippen LogP contribution in [0.2, 0.25) is 5.02 Å². The van der Waals surface area contributed by atoms with Crippen molar-refractivity contribution in [2.24, 2.45) is 5.92 Å². The highest BCUT2D eigenvalue weighted by molar-refractivity contribution is 6.30. The van der Waals surface area contributed by atoms with Crippen molar-refractivity contribution in [3.05, 3.63) is 88.9 Å². The summed E-state index contributed by atoms with van der Waals surface area (Å²) in [5.41, 5.74) is 3.73. The van der Waals surface area contributed by atoms with Gasteiger partial charge in [0, 0.05) is 62.9 Å². The van der Waals surface area contributed by atoms with E-state index in [2.05, 4.69) is 64.8 Å². The molecule has 0 saturated carbocycles. The fourth-order valence-electron chi connectivity index (χ4n) is 4.75. The lowest BCUT2D eigenvalue weighted by molar-refractivity contribution is 0.170. The van der Waals surface area contributed by atoms with Crippen LogP contribution in [-0.2, 0) is 11.3 Å². The smallest absolute Gasteiger partial charge is 0.161 e. The normalized spacial score (nSPS) is 17.3. The van der Waals surface area contributed by atoms with Crippen molar-refractivity contribution < 1.29 is 14.2 Å². The summed E-state index contributed by atoms with van der Waals surface area (Å²) in [6.45, 7) is 4.96. The molecule has 3 aromatic rings. The Morgan fingerprint density at radius 1 is 0.914 bits per heavy atom. The Labute approximate surface area is 214 Å². The highest BCUT2D eigenvalue weighted by atomic mass is 35.5. The quantitative estimate of drug-likeness (QED) is 0.323. The molecule has 1 saturated heterocycles. The van der Waals surface area contributed by atoms with E-state index in [1.165, 1.54) is 11.1 Å². The molecule has 0 aromatic heterocycles. The first kappa shape index (κ1) is 25.4. The van der Waals surface area contributed by atoms with Crippen molar-refractivity contribution in [1.82, 2.24) is 5.32 Å². The number of nitrogens with one attached hydrogen (secondary N) is 1. The van der Waals surface area contributed by atoms with Crippen LogP contribution in [0.1, 0.15) is 23.5 Å². The standard InChI is InChI=1S/C29H35ClN2O3/c1-33-15-6-16-35-29-17-22(9-14-28(29)34-2)20-32(26-12-10-25(30)11-13-26)21-24-18-31-19-27(24)23-7-4-3-5-8-23/h3-5,7-14,17,24,27,31H,6,15-16,18-21H2,1-2H3/t24-,27?/m0/s1. The van der Waals surface area contributed by atoms with E-state index in [1.807, 2.05) is 18.2 Å². The zero-order chi connectivity index (χ0) is 24.5. The zero-order valence-corrected chi connectivity index (χ0v) is 21.3. The minimum absolute atomic E-state index is 0.488. The topological polar surface area (TPSA) is 43.0 Å². The zero-order valence-electron chi connectivity index (χ0n) is 20.6. The fraction of sp³-hybridized carbons (Fsp3) is 0.379. The van der Waals surface area contributed by atoms with Crippen molar-refractivity contribution in [1.29, 1.82) is 0 Å². The molecule has 0 spiro atoms. The Balaban J connectivity index is 1.55. The number of hydrogen-bond donors (Lipinski definition) is 1. The minimum atomic E-state index is 0.488. The van der Waals surface area contributed by atoms with Crippen LogP contribution < -0.4 is 19.7 Å². The Hall–Kier alpha value is -2.73. The van der Waals surface area contributed by atoms with Gasteiger partial charge >= 0.3 is 0 Å². The molecule has 5 nitrogen and oxygen atoms in total. The largest absolute Gasteiger partial charge is 0.493 e. The molecule has 35 heavy (non-hydrogen) atoms. The summed E-state index contributed by atoms with van der Waals surface area (Å²) in [6, 6.07) is 25.2. The average molecular weight is 495 g/mol.